The van der Waals surface area contributed by atoms with Gasteiger partial charge in [0.25, 0.3) is 15.7 Å². The average molecular weight is 386 g/mol. The lowest BCUT2D eigenvalue weighted by molar-refractivity contribution is -0.387. The molecule has 2 rings (SSSR count). The quantitative estimate of drug-likeness (QED) is 0.602. The summed E-state index contributed by atoms with van der Waals surface area (Å²) in [6.45, 7) is 0.956. The maximum absolute atomic E-state index is 14.2. The van der Waals surface area contributed by atoms with Gasteiger partial charge in [0.2, 0.25) is 0 Å². The lowest BCUT2D eigenvalue weighted by Gasteiger charge is -2.28. The summed E-state index contributed by atoms with van der Waals surface area (Å²) in [7, 11) is -4.86. The molecule has 0 aliphatic carbocycles. The van der Waals surface area contributed by atoms with Gasteiger partial charge in [-0.15, -0.1) is 0 Å². The van der Waals surface area contributed by atoms with E-state index < -0.39 is 54.9 Å². The molecule has 1 atom stereocenters. The van der Waals surface area contributed by atoms with Crippen molar-refractivity contribution in [2.75, 3.05) is 4.31 Å². The zero-order chi connectivity index (χ0) is 19.6. The molecule has 0 aromatic heterocycles. The van der Waals surface area contributed by atoms with Crippen molar-refractivity contribution in [3.8, 4) is 0 Å². The van der Waals surface area contributed by atoms with Crippen molar-refractivity contribution in [1.29, 1.82) is 0 Å². The Hall–Kier alpha value is -3.08. The van der Waals surface area contributed by atoms with Gasteiger partial charge < -0.3 is 5.11 Å². The van der Waals surface area contributed by atoms with E-state index in [2.05, 4.69) is 0 Å². The maximum atomic E-state index is 14.2. The van der Waals surface area contributed by atoms with Crippen LogP contribution >= 0.6 is 0 Å². The Labute approximate surface area is 146 Å². The number of nitro groups is 1. The van der Waals surface area contributed by atoms with Gasteiger partial charge in [0.15, 0.2) is 4.90 Å². The minimum Gasteiger partial charge on any atom is -0.480 e. The van der Waals surface area contributed by atoms with Gasteiger partial charge in [-0.25, -0.2) is 26.3 Å². The number of anilines is 1. The molecule has 0 saturated carbocycles. The molecule has 11 heteroatoms. The number of hydrogen-bond acceptors (Lipinski definition) is 5. The van der Waals surface area contributed by atoms with Gasteiger partial charge >= 0.3 is 5.97 Å². The highest BCUT2D eigenvalue weighted by Gasteiger charge is 2.38. The Bertz CT molecular complexity index is 980. The topological polar surface area (TPSA) is 118 Å². The monoisotopic (exact) mass is 386 g/mol. The Morgan fingerprint density at radius 2 is 1.85 bits per heavy atom. The van der Waals surface area contributed by atoms with Crippen LogP contribution in [0.5, 0.6) is 0 Å². The van der Waals surface area contributed by atoms with Gasteiger partial charge in [0.05, 0.1) is 10.6 Å². The highest BCUT2D eigenvalue weighted by molar-refractivity contribution is 7.93. The second-order valence-electron chi connectivity index (χ2n) is 5.14. The van der Waals surface area contributed by atoms with Crippen LogP contribution in [0.15, 0.2) is 47.4 Å². The third kappa shape index (κ3) is 3.47. The molecule has 0 saturated heterocycles. The predicted octanol–water partition coefficient (Wildman–Crippen LogP) is 2.54. The van der Waals surface area contributed by atoms with Crippen molar-refractivity contribution in [3.05, 3.63) is 64.2 Å². The Morgan fingerprint density at radius 3 is 2.38 bits per heavy atom. The smallest absolute Gasteiger partial charge is 0.327 e. The average Bonchev–Trinajstić information content (AvgIpc) is 2.56. The molecule has 0 amide bonds. The van der Waals surface area contributed by atoms with E-state index in [4.69, 9.17) is 0 Å². The molecule has 2 aromatic carbocycles. The van der Waals surface area contributed by atoms with Gasteiger partial charge in [0, 0.05) is 12.1 Å². The van der Waals surface area contributed by atoms with Gasteiger partial charge in [-0.2, -0.15) is 0 Å². The summed E-state index contributed by atoms with van der Waals surface area (Å²) < 4.78 is 53.4. The normalized spacial score (nSPS) is 12.4. The molecule has 1 unspecified atom stereocenters. The lowest BCUT2D eigenvalue weighted by Crippen LogP contribution is -2.44. The van der Waals surface area contributed by atoms with E-state index in [0.29, 0.717) is 6.07 Å². The van der Waals surface area contributed by atoms with Crippen LogP contribution in [0.2, 0.25) is 0 Å². The van der Waals surface area contributed by atoms with E-state index in [-0.39, 0.29) is 4.31 Å². The number of sulfonamides is 1. The van der Waals surface area contributed by atoms with Crippen LogP contribution in [0.1, 0.15) is 6.92 Å². The zero-order valence-electron chi connectivity index (χ0n) is 13.2. The first-order valence-corrected chi connectivity index (χ1v) is 8.47. The molecular formula is C15H12F2N2O6S. The van der Waals surface area contributed by atoms with E-state index in [9.17, 15) is 37.2 Å². The SMILES string of the molecule is CC(C(=O)O)N(c1ccc(F)cc1F)S(=O)(=O)c1ccccc1[N+](=O)[O-]. The van der Waals surface area contributed by atoms with Gasteiger partial charge in [-0.05, 0) is 25.1 Å². The molecule has 2 aromatic rings. The van der Waals surface area contributed by atoms with Crippen molar-refractivity contribution in [2.24, 2.45) is 0 Å². The van der Waals surface area contributed by atoms with E-state index >= 15 is 0 Å². The number of nitro benzene ring substituents is 1. The largest absolute Gasteiger partial charge is 0.480 e. The van der Waals surface area contributed by atoms with Crippen LogP contribution in [0.25, 0.3) is 0 Å². The molecule has 26 heavy (non-hydrogen) atoms. The molecule has 1 N–H and O–H groups in total. The molecule has 0 aliphatic heterocycles. The van der Waals surface area contributed by atoms with Crippen LogP contribution in [-0.2, 0) is 14.8 Å². The molecular weight excluding hydrogens is 374 g/mol. The molecule has 0 heterocycles. The zero-order valence-corrected chi connectivity index (χ0v) is 14.0. The molecule has 0 spiro atoms. The highest BCUT2D eigenvalue weighted by atomic mass is 32.2. The molecule has 8 nitrogen and oxygen atoms in total. The molecule has 0 bridgehead atoms. The fourth-order valence-corrected chi connectivity index (χ4v) is 4.02. The van der Waals surface area contributed by atoms with Crippen LogP contribution < -0.4 is 4.31 Å². The first-order chi connectivity index (χ1) is 12.1. The third-order valence-corrected chi connectivity index (χ3v) is 5.39. The third-order valence-electron chi connectivity index (χ3n) is 3.46. The summed E-state index contributed by atoms with van der Waals surface area (Å²) in [6, 6.07) is 4.29. The van der Waals surface area contributed by atoms with E-state index in [1.54, 1.807) is 0 Å². The standard InChI is InChI=1S/C15H12F2N2O6S/c1-9(15(20)21)18(12-7-6-10(16)8-11(12)17)26(24,25)14-5-3-2-4-13(14)19(22)23/h2-9H,1H3,(H,20,21). The fraction of sp³-hybridized carbons (Fsp3) is 0.133. The van der Waals surface area contributed by atoms with E-state index in [0.717, 1.165) is 31.2 Å². The van der Waals surface area contributed by atoms with Gasteiger partial charge in [-0.1, -0.05) is 12.1 Å². The second-order valence-corrected chi connectivity index (χ2v) is 6.92. The summed E-state index contributed by atoms with van der Waals surface area (Å²) in [5, 5.41) is 20.3. The Kier molecular flexibility index (Phi) is 5.21. The Balaban J connectivity index is 2.77. The van der Waals surface area contributed by atoms with Crippen molar-refractivity contribution in [3.63, 3.8) is 0 Å². The number of nitrogens with zero attached hydrogens (tertiary/aromatic N) is 2. The summed E-state index contributed by atoms with van der Waals surface area (Å²) in [6.07, 6.45) is 0. The number of benzene rings is 2. The van der Waals surface area contributed by atoms with Crippen molar-refractivity contribution in [1.82, 2.24) is 0 Å². The van der Waals surface area contributed by atoms with Crippen LogP contribution in [0.3, 0.4) is 0 Å². The van der Waals surface area contributed by atoms with Crippen molar-refractivity contribution >= 4 is 27.4 Å². The minimum absolute atomic E-state index is 0.173. The summed E-state index contributed by atoms with van der Waals surface area (Å²) in [4.78, 5) is 20.7. The van der Waals surface area contributed by atoms with Crippen LogP contribution in [0.4, 0.5) is 20.2 Å². The van der Waals surface area contributed by atoms with Gasteiger partial charge in [-0.3, -0.25) is 10.1 Å². The predicted molar refractivity (Wildman–Crippen MR) is 86.2 cm³/mol. The summed E-state index contributed by atoms with van der Waals surface area (Å²) in [5.41, 5.74) is -1.56. The van der Waals surface area contributed by atoms with Crippen LogP contribution in [-0.4, -0.2) is 30.5 Å². The molecule has 0 radical (unpaired) electrons. The van der Waals surface area contributed by atoms with Gasteiger partial charge in [0.1, 0.15) is 17.7 Å². The fourth-order valence-electron chi connectivity index (χ4n) is 2.24. The van der Waals surface area contributed by atoms with E-state index in [1.165, 1.54) is 12.1 Å². The number of aliphatic carboxylic acids is 1. The Morgan fingerprint density at radius 1 is 1.23 bits per heavy atom. The number of rotatable bonds is 6. The van der Waals surface area contributed by atoms with E-state index in [1.807, 2.05) is 0 Å². The number of halogens is 2. The summed E-state index contributed by atoms with van der Waals surface area (Å²) >= 11 is 0. The first-order valence-electron chi connectivity index (χ1n) is 7.03. The number of carboxylic acids is 1. The van der Waals surface area contributed by atoms with Crippen molar-refractivity contribution < 1.29 is 32.0 Å². The molecule has 0 aliphatic rings. The number of carboxylic acid groups (broad SMARTS) is 1. The second kappa shape index (κ2) is 7.04. The van der Waals surface area contributed by atoms with Crippen molar-refractivity contribution in [2.45, 2.75) is 17.9 Å². The minimum atomic E-state index is -4.86. The first kappa shape index (κ1) is 19.2. The number of hydrogen-bond donors (Lipinski definition) is 1. The maximum Gasteiger partial charge on any atom is 0.327 e. The summed E-state index contributed by atoms with van der Waals surface area (Å²) in [5.74, 6) is -3.96. The number of carbonyl (C=O) groups is 1. The molecule has 138 valence electrons. The highest BCUT2D eigenvalue weighted by Crippen LogP contribution is 2.33. The molecule has 0 fully saturated rings. The lowest BCUT2D eigenvalue weighted by atomic mass is 10.2. The number of para-hydroxylation sites is 1. The van der Waals surface area contributed by atoms with Crippen LogP contribution in [0, 0.1) is 21.7 Å².